The molecule has 0 saturated carbocycles. The van der Waals surface area contributed by atoms with E-state index in [0.717, 1.165) is 0 Å². The lowest BCUT2D eigenvalue weighted by Gasteiger charge is -2.24. The van der Waals surface area contributed by atoms with Crippen molar-refractivity contribution < 1.29 is 50.1 Å². The second-order valence-corrected chi connectivity index (χ2v) is 5.38. The number of carbonyl (C=O) groups is 2. The third-order valence-corrected chi connectivity index (χ3v) is 3.26. The van der Waals surface area contributed by atoms with E-state index in [-0.39, 0.29) is 45.9 Å². The van der Waals surface area contributed by atoms with Crippen molar-refractivity contribution in [3.8, 4) is 0 Å². The fourth-order valence-electron chi connectivity index (χ4n) is 1.27. The molecule has 0 rings (SSSR count). The maximum atomic E-state index is 9.90. The quantitative estimate of drug-likeness (QED) is 0.195. The summed E-state index contributed by atoms with van der Waals surface area (Å²) in [6.07, 6.45) is 1.61. The van der Waals surface area contributed by atoms with Crippen LogP contribution < -0.4 is 0 Å². The van der Waals surface area contributed by atoms with Gasteiger partial charge < -0.3 is 40.5 Å². The Kier molecular flexibility index (Phi) is 24.6. The van der Waals surface area contributed by atoms with Crippen LogP contribution >= 0.6 is 0 Å². The van der Waals surface area contributed by atoms with Gasteiger partial charge in [0.15, 0.2) is 0 Å². The van der Waals surface area contributed by atoms with E-state index in [0.29, 0.717) is 32.5 Å². The zero-order valence-electron chi connectivity index (χ0n) is 15.3. The Morgan fingerprint density at radius 3 is 1.27 bits per heavy atom. The van der Waals surface area contributed by atoms with Crippen LogP contribution in [-0.2, 0) is 14.3 Å². The Bertz CT molecular complexity index is 281. The SMILES string of the molecule is CCC(CO)(CO)CO.O=C(O)CCCCC(=O)O.OCCOCCO. The van der Waals surface area contributed by atoms with Crippen molar-refractivity contribution in [2.24, 2.45) is 5.41 Å². The van der Waals surface area contributed by atoms with Crippen LogP contribution in [0, 0.1) is 5.41 Å². The van der Waals surface area contributed by atoms with Crippen LogP contribution in [0.3, 0.4) is 0 Å². The number of aliphatic carboxylic acids is 2. The average molecular weight is 386 g/mol. The van der Waals surface area contributed by atoms with Crippen LogP contribution in [0.1, 0.15) is 39.0 Å². The lowest BCUT2D eigenvalue weighted by atomic mass is 9.88. The van der Waals surface area contributed by atoms with Gasteiger partial charge in [-0.2, -0.15) is 0 Å². The van der Waals surface area contributed by atoms with Crippen LogP contribution in [0.25, 0.3) is 0 Å². The smallest absolute Gasteiger partial charge is 0.303 e. The summed E-state index contributed by atoms with van der Waals surface area (Å²) in [5.41, 5.74) is -0.667. The van der Waals surface area contributed by atoms with E-state index >= 15 is 0 Å². The second-order valence-electron chi connectivity index (χ2n) is 5.38. The van der Waals surface area contributed by atoms with E-state index in [1.165, 1.54) is 0 Å². The third-order valence-electron chi connectivity index (χ3n) is 3.26. The lowest BCUT2D eigenvalue weighted by Crippen LogP contribution is -2.32. The van der Waals surface area contributed by atoms with E-state index < -0.39 is 17.4 Å². The van der Waals surface area contributed by atoms with Gasteiger partial charge >= 0.3 is 11.9 Å². The molecular weight excluding hydrogens is 352 g/mol. The summed E-state index contributed by atoms with van der Waals surface area (Å²) in [5, 5.41) is 58.4. The molecule has 0 aromatic rings. The average Bonchev–Trinajstić information content (AvgIpc) is 2.63. The Labute approximate surface area is 153 Å². The topological polar surface area (TPSA) is 185 Å². The van der Waals surface area contributed by atoms with Gasteiger partial charge in [0, 0.05) is 18.3 Å². The fourth-order valence-corrected chi connectivity index (χ4v) is 1.27. The summed E-state index contributed by atoms with van der Waals surface area (Å²) in [6.45, 7) is 2.05. The molecule has 0 unspecified atom stereocenters. The Morgan fingerprint density at radius 1 is 0.769 bits per heavy atom. The highest BCUT2D eigenvalue weighted by Crippen LogP contribution is 2.18. The number of aliphatic hydroxyl groups is 5. The summed E-state index contributed by atoms with van der Waals surface area (Å²) in [4.78, 5) is 19.8. The number of ether oxygens (including phenoxy) is 1. The number of hydrogen-bond donors (Lipinski definition) is 7. The molecule has 0 bridgehead atoms. The predicted molar refractivity (Wildman–Crippen MR) is 92.7 cm³/mol. The normalized spacial score (nSPS) is 10.2. The minimum absolute atomic E-state index is 0.0278. The van der Waals surface area contributed by atoms with Crippen molar-refractivity contribution in [2.75, 3.05) is 46.2 Å². The Morgan fingerprint density at radius 2 is 1.12 bits per heavy atom. The lowest BCUT2D eigenvalue weighted by molar-refractivity contribution is -0.139. The third kappa shape index (κ3) is 22.7. The highest BCUT2D eigenvalue weighted by molar-refractivity contribution is 5.67. The number of aliphatic hydroxyl groups excluding tert-OH is 5. The molecule has 10 nitrogen and oxygen atoms in total. The van der Waals surface area contributed by atoms with Gasteiger partial charge in [0.05, 0.1) is 46.2 Å². The van der Waals surface area contributed by atoms with Crippen LogP contribution in [-0.4, -0.2) is 93.9 Å². The molecule has 0 fully saturated rings. The minimum Gasteiger partial charge on any atom is -0.481 e. The van der Waals surface area contributed by atoms with E-state index in [4.69, 9.17) is 35.7 Å². The molecule has 7 N–H and O–H groups in total. The molecule has 26 heavy (non-hydrogen) atoms. The van der Waals surface area contributed by atoms with Crippen molar-refractivity contribution in [2.45, 2.75) is 39.0 Å². The van der Waals surface area contributed by atoms with Gasteiger partial charge in [0.2, 0.25) is 0 Å². The van der Waals surface area contributed by atoms with Gasteiger partial charge in [-0.3, -0.25) is 9.59 Å². The number of carboxylic acids is 2. The fraction of sp³-hybridized carbons (Fsp3) is 0.875. The van der Waals surface area contributed by atoms with Crippen LogP contribution in [0.4, 0.5) is 0 Å². The summed E-state index contributed by atoms with van der Waals surface area (Å²) in [5.74, 6) is -1.74. The van der Waals surface area contributed by atoms with Crippen LogP contribution in [0.15, 0.2) is 0 Å². The molecule has 0 saturated heterocycles. The minimum atomic E-state index is -0.870. The van der Waals surface area contributed by atoms with Crippen molar-refractivity contribution in [3.05, 3.63) is 0 Å². The highest BCUT2D eigenvalue weighted by atomic mass is 16.5. The first-order valence-electron chi connectivity index (χ1n) is 8.34. The maximum Gasteiger partial charge on any atom is 0.303 e. The van der Waals surface area contributed by atoms with Gasteiger partial charge in [-0.25, -0.2) is 0 Å². The van der Waals surface area contributed by atoms with E-state index in [1.54, 1.807) is 0 Å². The molecule has 0 radical (unpaired) electrons. The first kappa shape index (κ1) is 29.5. The van der Waals surface area contributed by atoms with Gasteiger partial charge in [-0.05, 0) is 19.3 Å². The molecule has 0 aliphatic carbocycles. The molecule has 0 heterocycles. The van der Waals surface area contributed by atoms with Crippen molar-refractivity contribution in [1.82, 2.24) is 0 Å². The largest absolute Gasteiger partial charge is 0.481 e. The first-order chi connectivity index (χ1) is 12.3. The first-order valence-corrected chi connectivity index (χ1v) is 8.34. The summed E-state index contributed by atoms with van der Waals surface area (Å²) in [6, 6.07) is 0. The van der Waals surface area contributed by atoms with Crippen LogP contribution in [0.5, 0.6) is 0 Å². The molecule has 0 spiro atoms. The van der Waals surface area contributed by atoms with Crippen molar-refractivity contribution in [1.29, 1.82) is 0 Å². The molecule has 0 aromatic carbocycles. The van der Waals surface area contributed by atoms with Gasteiger partial charge in [-0.15, -0.1) is 0 Å². The second kappa shape index (κ2) is 21.7. The zero-order valence-corrected chi connectivity index (χ0v) is 15.3. The molecule has 0 aromatic heterocycles. The highest BCUT2D eigenvalue weighted by Gasteiger charge is 2.24. The van der Waals surface area contributed by atoms with Gasteiger partial charge in [-0.1, -0.05) is 6.92 Å². The number of unbranched alkanes of at least 4 members (excludes halogenated alkanes) is 1. The molecular formula is C16H34O10. The van der Waals surface area contributed by atoms with Gasteiger partial charge in [0.1, 0.15) is 0 Å². The zero-order chi connectivity index (χ0) is 20.8. The molecule has 0 aliphatic heterocycles. The summed E-state index contributed by atoms with van der Waals surface area (Å²) in [7, 11) is 0. The molecule has 0 atom stereocenters. The standard InChI is InChI=1S/C6H10O4.C6H14O3.C4H10O3/c7-5(8)3-1-2-4-6(9)10;1-2-6(3-7,4-8)5-9;5-1-3-7-4-2-6/h1-4H2,(H,7,8)(H,9,10);7-9H,2-5H2,1H3;5-6H,1-4H2. The Balaban J connectivity index is -0.000000310. The predicted octanol–water partition coefficient (Wildman–Crippen LogP) is -0.937. The van der Waals surface area contributed by atoms with Crippen molar-refractivity contribution in [3.63, 3.8) is 0 Å². The van der Waals surface area contributed by atoms with E-state index in [9.17, 15) is 9.59 Å². The maximum absolute atomic E-state index is 9.90. The summed E-state index contributed by atoms with van der Waals surface area (Å²) < 4.78 is 4.63. The van der Waals surface area contributed by atoms with E-state index in [1.807, 2.05) is 6.92 Å². The van der Waals surface area contributed by atoms with Gasteiger partial charge in [0.25, 0.3) is 0 Å². The van der Waals surface area contributed by atoms with Crippen LogP contribution in [0.2, 0.25) is 0 Å². The monoisotopic (exact) mass is 386 g/mol. The number of rotatable bonds is 13. The summed E-state index contributed by atoms with van der Waals surface area (Å²) >= 11 is 0. The molecule has 0 aliphatic rings. The molecule has 158 valence electrons. The molecule has 0 amide bonds. The Hall–Kier alpha value is -1.30. The number of carboxylic acid groups (broad SMARTS) is 2. The van der Waals surface area contributed by atoms with E-state index in [2.05, 4.69) is 4.74 Å². The van der Waals surface area contributed by atoms with Crippen molar-refractivity contribution >= 4 is 11.9 Å². The number of hydrogen-bond acceptors (Lipinski definition) is 8. The molecule has 10 heteroatoms.